The van der Waals surface area contributed by atoms with E-state index in [0.29, 0.717) is 31.0 Å². The molecule has 6 heteroatoms. The molecule has 1 aromatic carbocycles. The van der Waals surface area contributed by atoms with Crippen LogP contribution in [0.5, 0.6) is 0 Å². The Hall–Kier alpha value is -1.56. The minimum Gasteiger partial charge on any atom is -0.341 e. The Kier molecular flexibility index (Phi) is 4.62. The van der Waals surface area contributed by atoms with E-state index in [1.54, 1.807) is 17.0 Å². The van der Waals surface area contributed by atoms with Crippen LogP contribution in [0.3, 0.4) is 0 Å². The number of rotatable bonds is 3. The molecule has 0 bridgehead atoms. The highest BCUT2D eigenvalue weighted by Crippen LogP contribution is 2.28. The summed E-state index contributed by atoms with van der Waals surface area (Å²) in [5.74, 6) is -2.88. The van der Waals surface area contributed by atoms with Gasteiger partial charge in [0.05, 0.1) is 12.6 Å². The van der Waals surface area contributed by atoms with Gasteiger partial charge in [-0.3, -0.25) is 10.1 Å². The fourth-order valence-electron chi connectivity index (χ4n) is 3.44. The van der Waals surface area contributed by atoms with Crippen LogP contribution in [-0.2, 0) is 11.2 Å². The lowest BCUT2D eigenvalue weighted by atomic mass is 9.89. The predicted octanol–water partition coefficient (Wildman–Crippen LogP) is 2.60. The molecule has 0 aromatic heterocycles. The summed E-state index contributed by atoms with van der Waals surface area (Å²) >= 11 is 0. The SMILES string of the molecule is O=C(C1CC(F)(F)CN1)N1CCC(Cc2ccccc2F)CC1. The third-order valence-electron chi connectivity index (χ3n) is 4.80. The second-order valence-corrected chi connectivity index (χ2v) is 6.56. The summed E-state index contributed by atoms with van der Waals surface area (Å²) in [5, 5.41) is 2.61. The molecule has 126 valence electrons. The second-order valence-electron chi connectivity index (χ2n) is 6.56. The maximum atomic E-state index is 13.7. The lowest BCUT2D eigenvalue weighted by molar-refractivity contribution is -0.135. The molecule has 2 aliphatic heterocycles. The molecule has 2 fully saturated rings. The molecule has 0 spiro atoms. The van der Waals surface area contributed by atoms with Gasteiger partial charge in [-0.05, 0) is 36.8 Å². The third-order valence-corrected chi connectivity index (χ3v) is 4.80. The van der Waals surface area contributed by atoms with Crippen molar-refractivity contribution in [3.05, 3.63) is 35.6 Å². The number of benzene rings is 1. The number of hydrogen-bond donors (Lipinski definition) is 1. The molecular weight excluding hydrogens is 305 g/mol. The highest BCUT2D eigenvalue weighted by atomic mass is 19.3. The first-order valence-corrected chi connectivity index (χ1v) is 8.08. The average Bonchev–Trinajstić information content (AvgIpc) is 2.90. The van der Waals surface area contributed by atoms with Crippen LogP contribution in [0, 0.1) is 11.7 Å². The summed E-state index contributed by atoms with van der Waals surface area (Å²) in [7, 11) is 0. The topological polar surface area (TPSA) is 32.3 Å². The zero-order chi connectivity index (χ0) is 16.4. The van der Waals surface area contributed by atoms with Crippen LogP contribution in [0.4, 0.5) is 13.2 Å². The van der Waals surface area contributed by atoms with Gasteiger partial charge in [-0.1, -0.05) is 18.2 Å². The van der Waals surface area contributed by atoms with Gasteiger partial charge in [-0.2, -0.15) is 0 Å². The summed E-state index contributed by atoms with van der Waals surface area (Å²) in [5.41, 5.74) is 0.703. The van der Waals surface area contributed by atoms with Gasteiger partial charge in [0.15, 0.2) is 0 Å². The van der Waals surface area contributed by atoms with Crippen molar-refractivity contribution < 1.29 is 18.0 Å². The first-order valence-electron chi connectivity index (χ1n) is 8.08. The van der Waals surface area contributed by atoms with Gasteiger partial charge in [0.2, 0.25) is 5.91 Å². The third kappa shape index (κ3) is 3.86. The number of hydrogen-bond acceptors (Lipinski definition) is 2. The molecule has 2 heterocycles. The zero-order valence-corrected chi connectivity index (χ0v) is 12.9. The fraction of sp³-hybridized carbons (Fsp3) is 0.588. The summed E-state index contributed by atoms with van der Waals surface area (Å²) in [6, 6.07) is 5.97. The maximum Gasteiger partial charge on any atom is 0.262 e. The normalized spacial score (nSPS) is 24.8. The van der Waals surface area contributed by atoms with Crippen LogP contribution in [0.1, 0.15) is 24.8 Å². The molecule has 0 saturated carbocycles. The predicted molar refractivity (Wildman–Crippen MR) is 80.8 cm³/mol. The Bertz CT molecular complexity index is 571. The molecule has 1 amide bonds. The van der Waals surface area contributed by atoms with Crippen molar-refractivity contribution in [2.45, 2.75) is 37.6 Å². The molecule has 1 unspecified atom stereocenters. The van der Waals surface area contributed by atoms with Crippen molar-refractivity contribution >= 4 is 5.91 Å². The van der Waals surface area contributed by atoms with Crippen molar-refractivity contribution in [3.8, 4) is 0 Å². The Morgan fingerprint density at radius 3 is 2.57 bits per heavy atom. The number of alkyl halides is 2. The van der Waals surface area contributed by atoms with Crippen LogP contribution in [-0.4, -0.2) is 42.4 Å². The number of carbonyl (C=O) groups is 1. The van der Waals surface area contributed by atoms with Gasteiger partial charge in [0.25, 0.3) is 5.92 Å². The highest BCUT2D eigenvalue weighted by Gasteiger charge is 2.43. The van der Waals surface area contributed by atoms with E-state index in [1.165, 1.54) is 6.07 Å². The molecule has 1 aromatic rings. The smallest absolute Gasteiger partial charge is 0.262 e. The van der Waals surface area contributed by atoms with Crippen molar-refractivity contribution in [2.75, 3.05) is 19.6 Å². The first kappa shape index (κ1) is 16.3. The van der Waals surface area contributed by atoms with Crippen molar-refractivity contribution in [1.82, 2.24) is 10.2 Å². The molecule has 0 radical (unpaired) electrons. The Balaban J connectivity index is 1.51. The van der Waals surface area contributed by atoms with E-state index in [4.69, 9.17) is 0 Å². The summed E-state index contributed by atoms with van der Waals surface area (Å²) in [4.78, 5) is 13.9. The molecule has 0 aliphatic carbocycles. The summed E-state index contributed by atoms with van der Waals surface area (Å²) in [6.07, 6.45) is 1.81. The van der Waals surface area contributed by atoms with Crippen molar-refractivity contribution in [1.29, 1.82) is 0 Å². The fourth-order valence-corrected chi connectivity index (χ4v) is 3.44. The second kappa shape index (κ2) is 6.51. The van der Waals surface area contributed by atoms with Crippen LogP contribution in [0.15, 0.2) is 24.3 Å². The molecule has 3 nitrogen and oxygen atoms in total. The van der Waals surface area contributed by atoms with Crippen molar-refractivity contribution in [3.63, 3.8) is 0 Å². The largest absolute Gasteiger partial charge is 0.341 e. The quantitative estimate of drug-likeness (QED) is 0.926. The lowest BCUT2D eigenvalue weighted by Gasteiger charge is -2.33. The number of nitrogens with zero attached hydrogens (tertiary/aromatic N) is 1. The summed E-state index contributed by atoms with van der Waals surface area (Å²) < 4.78 is 40.1. The number of halogens is 3. The van der Waals surface area contributed by atoms with Crippen molar-refractivity contribution in [2.24, 2.45) is 5.92 Å². The number of carbonyl (C=O) groups excluding carboxylic acids is 1. The van der Waals surface area contributed by atoms with Crippen LogP contribution >= 0.6 is 0 Å². The standard InChI is InChI=1S/C17H21F3N2O/c18-14-4-2-1-3-13(14)9-12-5-7-22(8-6-12)16(23)15-10-17(19,20)11-21-15/h1-4,12,15,21H,5-11H2. The van der Waals surface area contributed by atoms with E-state index in [1.807, 2.05) is 6.07 Å². The van der Waals surface area contributed by atoms with Gasteiger partial charge >= 0.3 is 0 Å². The number of amides is 1. The Morgan fingerprint density at radius 1 is 1.26 bits per heavy atom. The van der Waals surface area contributed by atoms with Crippen LogP contribution < -0.4 is 5.32 Å². The van der Waals surface area contributed by atoms with Gasteiger partial charge in [0.1, 0.15) is 5.82 Å². The monoisotopic (exact) mass is 326 g/mol. The van der Waals surface area contributed by atoms with Gasteiger partial charge in [-0.25, -0.2) is 13.2 Å². The highest BCUT2D eigenvalue weighted by molar-refractivity contribution is 5.82. The number of nitrogens with one attached hydrogen (secondary N) is 1. The minimum atomic E-state index is -2.79. The first-order chi connectivity index (χ1) is 10.9. The minimum absolute atomic E-state index is 0.191. The molecule has 1 atom stereocenters. The van der Waals surface area contributed by atoms with Gasteiger partial charge < -0.3 is 4.90 Å². The molecule has 2 saturated heterocycles. The van der Waals surface area contributed by atoms with Crippen LogP contribution in [0.2, 0.25) is 0 Å². The molecule has 2 aliphatic rings. The zero-order valence-electron chi connectivity index (χ0n) is 12.9. The molecular formula is C17H21F3N2O. The van der Waals surface area contributed by atoms with Gasteiger partial charge in [0, 0.05) is 19.5 Å². The van der Waals surface area contributed by atoms with E-state index >= 15 is 0 Å². The van der Waals surface area contributed by atoms with Crippen LogP contribution in [0.25, 0.3) is 0 Å². The Morgan fingerprint density at radius 2 is 1.96 bits per heavy atom. The molecule has 3 rings (SSSR count). The average molecular weight is 326 g/mol. The van der Waals surface area contributed by atoms with E-state index < -0.39 is 24.9 Å². The van der Waals surface area contributed by atoms with Gasteiger partial charge in [-0.15, -0.1) is 0 Å². The van der Waals surface area contributed by atoms with E-state index in [2.05, 4.69) is 5.32 Å². The number of piperidine rings is 1. The van der Waals surface area contributed by atoms with E-state index in [-0.39, 0.29) is 11.7 Å². The van der Waals surface area contributed by atoms with E-state index in [0.717, 1.165) is 12.8 Å². The maximum absolute atomic E-state index is 13.7. The summed E-state index contributed by atoms with van der Waals surface area (Å²) in [6.45, 7) is 0.691. The lowest BCUT2D eigenvalue weighted by Crippen LogP contribution is -2.47. The molecule has 1 N–H and O–H groups in total. The molecule has 23 heavy (non-hydrogen) atoms. The van der Waals surface area contributed by atoms with E-state index in [9.17, 15) is 18.0 Å². The Labute approximate surface area is 133 Å². The number of likely N-dealkylation sites (tertiary alicyclic amines) is 1.